The first-order chi connectivity index (χ1) is 7.79. The maximum absolute atomic E-state index is 12.3. The molecule has 0 N–H and O–H groups in total. The van der Waals surface area contributed by atoms with Gasteiger partial charge in [0.25, 0.3) is 0 Å². The van der Waals surface area contributed by atoms with Gasteiger partial charge in [-0.15, -0.1) is 0 Å². The van der Waals surface area contributed by atoms with Gasteiger partial charge in [-0.3, -0.25) is 9.59 Å². The van der Waals surface area contributed by atoms with Crippen LogP contribution in [0, 0.1) is 47.3 Å². The average Bonchev–Trinajstić information content (AvgIpc) is 2.91. The summed E-state index contributed by atoms with van der Waals surface area (Å²) in [7, 11) is 0. The largest absolute Gasteiger partial charge is 0.291 e. The highest BCUT2D eigenvalue weighted by Gasteiger charge is 2.73. The Labute approximate surface area is 94.8 Å². The molecule has 0 radical (unpaired) electrons. The molecule has 0 heterocycles. The number of carbonyl (C=O) groups excluding carboxylic acids is 2. The van der Waals surface area contributed by atoms with E-state index < -0.39 is 0 Å². The third-order valence-corrected chi connectivity index (χ3v) is 6.78. The summed E-state index contributed by atoms with van der Waals surface area (Å²) in [6.45, 7) is 0. The SMILES string of the molecule is O=C1C(=O)C2C3CCC4C1C1CCC2C1C43. The van der Waals surface area contributed by atoms with Crippen LogP contribution in [-0.2, 0) is 9.59 Å². The Morgan fingerprint density at radius 1 is 0.625 bits per heavy atom. The molecule has 0 aromatic heterocycles. The van der Waals surface area contributed by atoms with Crippen molar-refractivity contribution in [2.24, 2.45) is 47.3 Å². The van der Waals surface area contributed by atoms with Crippen molar-refractivity contribution < 1.29 is 9.59 Å². The minimum atomic E-state index is 0.0527. The van der Waals surface area contributed by atoms with Crippen molar-refractivity contribution in [3.63, 3.8) is 0 Å². The lowest BCUT2D eigenvalue weighted by Crippen LogP contribution is -2.36. The molecule has 0 saturated heterocycles. The lowest BCUT2D eigenvalue weighted by molar-refractivity contribution is -0.143. The fraction of sp³-hybridized carbons (Fsp3) is 0.857. The van der Waals surface area contributed by atoms with E-state index in [2.05, 4.69) is 0 Å². The van der Waals surface area contributed by atoms with Crippen molar-refractivity contribution in [2.45, 2.75) is 25.7 Å². The van der Waals surface area contributed by atoms with Crippen LogP contribution < -0.4 is 0 Å². The van der Waals surface area contributed by atoms with Crippen LogP contribution >= 0.6 is 0 Å². The first kappa shape index (κ1) is 8.43. The van der Waals surface area contributed by atoms with E-state index in [1.165, 1.54) is 25.7 Å². The smallest absolute Gasteiger partial charge is 0.202 e. The number of fused-ring (bicyclic) bond motifs is 1. The zero-order valence-corrected chi connectivity index (χ0v) is 9.26. The molecule has 2 heteroatoms. The lowest BCUT2D eigenvalue weighted by Gasteiger charge is -2.25. The summed E-state index contributed by atoms with van der Waals surface area (Å²) < 4.78 is 0. The lowest BCUT2D eigenvalue weighted by atomic mass is 9.77. The molecular weight excluding hydrogens is 200 g/mol. The zero-order valence-electron chi connectivity index (χ0n) is 9.26. The number of carbonyl (C=O) groups is 2. The fourth-order valence-electron chi connectivity index (χ4n) is 6.73. The van der Waals surface area contributed by atoms with Gasteiger partial charge in [-0.1, -0.05) is 0 Å². The molecule has 6 aliphatic rings. The summed E-state index contributed by atoms with van der Waals surface area (Å²) in [5.74, 6) is 4.48. The molecule has 0 spiro atoms. The molecule has 4 atom stereocenters. The van der Waals surface area contributed by atoms with Gasteiger partial charge in [-0.2, -0.15) is 0 Å². The maximum Gasteiger partial charge on any atom is 0.202 e. The predicted molar refractivity (Wildman–Crippen MR) is 56.4 cm³/mol. The summed E-state index contributed by atoms with van der Waals surface area (Å²) in [5, 5.41) is 0. The molecule has 6 rings (SSSR count). The van der Waals surface area contributed by atoms with Crippen LogP contribution in [0.5, 0.6) is 0 Å². The van der Waals surface area contributed by atoms with Gasteiger partial charge < -0.3 is 0 Å². The van der Waals surface area contributed by atoms with Crippen molar-refractivity contribution in [2.75, 3.05) is 0 Å². The average molecular weight is 216 g/mol. The van der Waals surface area contributed by atoms with E-state index in [9.17, 15) is 9.59 Å². The van der Waals surface area contributed by atoms with Crippen molar-refractivity contribution in [1.82, 2.24) is 0 Å². The van der Waals surface area contributed by atoms with Gasteiger partial charge in [0, 0.05) is 11.8 Å². The highest BCUT2D eigenvalue weighted by molar-refractivity contribution is 6.39. The van der Waals surface area contributed by atoms with Gasteiger partial charge in [-0.05, 0) is 61.2 Å². The standard InChI is InChI=1S/C14H16O2/c15-13-11-5-1-2-6-9(5)10-7(11)3-4-8(10)12(6)14(13)16/h5-12H,1-4H2. The highest BCUT2D eigenvalue weighted by atomic mass is 16.2. The molecule has 0 amide bonds. The first-order valence-electron chi connectivity index (χ1n) is 6.87. The van der Waals surface area contributed by atoms with Gasteiger partial charge in [0.15, 0.2) is 0 Å². The van der Waals surface area contributed by atoms with E-state index in [0.29, 0.717) is 23.7 Å². The quantitative estimate of drug-likeness (QED) is 0.577. The Morgan fingerprint density at radius 3 is 1.25 bits per heavy atom. The van der Waals surface area contributed by atoms with Crippen LogP contribution in [0.3, 0.4) is 0 Å². The Balaban J connectivity index is 1.83. The first-order valence-corrected chi connectivity index (χ1v) is 6.87. The van der Waals surface area contributed by atoms with E-state index in [1.807, 2.05) is 0 Å². The molecule has 16 heavy (non-hydrogen) atoms. The highest BCUT2D eigenvalue weighted by Crippen LogP contribution is 2.73. The fourth-order valence-corrected chi connectivity index (χ4v) is 6.73. The molecule has 6 saturated carbocycles. The van der Waals surface area contributed by atoms with Gasteiger partial charge in [0.2, 0.25) is 11.6 Å². The third-order valence-electron chi connectivity index (χ3n) is 6.78. The van der Waals surface area contributed by atoms with Crippen molar-refractivity contribution >= 4 is 11.6 Å². The van der Waals surface area contributed by atoms with E-state index in [1.54, 1.807) is 0 Å². The van der Waals surface area contributed by atoms with Crippen LogP contribution in [0.15, 0.2) is 0 Å². The van der Waals surface area contributed by atoms with Crippen LogP contribution in [0.2, 0.25) is 0 Å². The number of rotatable bonds is 0. The molecule has 6 fully saturated rings. The Morgan fingerprint density at radius 2 is 0.938 bits per heavy atom. The van der Waals surface area contributed by atoms with Gasteiger partial charge in [-0.25, -0.2) is 0 Å². The summed E-state index contributed by atoms with van der Waals surface area (Å²) in [4.78, 5) is 24.5. The maximum atomic E-state index is 12.3. The van der Waals surface area contributed by atoms with E-state index in [0.717, 1.165) is 11.8 Å². The second-order valence-corrected chi connectivity index (χ2v) is 6.74. The van der Waals surface area contributed by atoms with Crippen molar-refractivity contribution in [1.29, 1.82) is 0 Å². The van der Waals surface area contributed by atoms with Crippen LogP contribution in [-0.4, -0.2) is 11.6 Å². The molecule has 0 aromatic carbocycles. The molecule has 0 aromatic rings. The number of ketones is 2. The molecule has 0 aliphatic heterocycles. The number of Topliss-reactive ketones (excluding diaryl/α,β-unsaturated/α-hetero) is 2. The number of hydrogen-bond donors (Lipinski definition) is 0. The minimum absolute atomic E-state index is 0.0527. The monoisotopic (exact) mass is 216 g/mol. The second kappa shape index (κ2) is 2.30. The van der Waals surface area contributed by atoms with Crippen molar-refractivity contribution in [3.05, 3.63) is 0 Å². The molecule has 8 bridgehead atoms. The minimum Gasteiger partial charge on any atom is -0.291 e. The van der Waals surface area contributed by atoms with E-state index >= 15 is 0 Å². The summed E-state index contributed by atoms with van der Waals surface area (Å²) in [6, 6.07) is 0. The van der Waals surface area contributed by atoms with Crippen LogP contribution in [0.1, 0.15) is 25.7 Å². The second-order valence-electron chi connectivity index (χ2n) is 6.74. The number of hydrogen-bond acceptors (Lipinski definition) is 2. The van der Waals surface area contributed by atoms with Gasteiger partial charge in [0.1, 0.15) is 0 Å². The summed E-state index contributed by atoms with van der Waals surface area (Å²) in [5.41, 5.74) is 0. The molecule has 84 valence electrons. The van der Waals surface area contributed by atoms with E-state index in [4.69, 9.17) is 0 Å². The summed E-state index contributed by atoms with van der Waals surface area (Å²) in [6.07, 6.45) is 4.98. The molecule has 6 aliphatic carbocycles. The Hall–Kier alpha value is -0.660. The molecular formula is C14H16O2. The van der Waals surface area contributed by atoms with Crippen LogP contribution in [0.4, 0.5) is 0 Å². The third kappa shape index (κ3) is 0.618. The molecule has 2 nitrogen and oxygen atoms in total. The topological polar surface area (TPSA) is 34.1 Å². The normalized spacial score (nSPS) is 64.8. The van der Waals surface area contributed by atoms with Gasteiger partial charge in [0.05, 0.1) is 0 Å². The van der Waals surface area contributed by atoms with E-state index in [-0.39, 0.29) is 23.4 Å². The predicted octanol–water partition coefficient (Wildman–Crippen LogP) is 1.68. The Bertz CT molecular complexity index is 362. The Kier molecular flexibility index (Phi) is 1.21. The van der Waals surface area contributed by atoms with Crippen LogP contribution in [0.25, 0.3) is 0 Å². The zero-order chi connectivity index (χ0) is 10.6. The molecule has 4 unspecified atom stereocenters. The van der Waals surface area contributed by atoms with Gasteiger partial charge >= 0.3 is 0 Å². The summed E-state index contributed by atoms with van der Waals surface area (Å²) >= 11 is 0. The van der Waals surface area contributed by atoms with Crippen molar-refractivity contribution in [3.8, 4) is 0 Å².